The van der Waals surface area contributed by atoms with Crippen molar-refractivity contribution in [2.24, 2.45) is 5.73 Å². The topological polar surface area (TPSA) is 29.3 Å². The molecule has 94 valence electrons. The SMILES string of the molecule is Cc1ccc(C(CN)N(C)C2CCC2)cc1F. The first-order valence-electron chi connectivity index (χ1n) is 6.31. The fraction of sp³-hybridized carbons (Fsp3) is 0.571. The van der Waals surface area contributed by atoms with Crippen molar-refractivity contribution in [1.29, 1.82) is 0 Å². The Morgan fingerprint density at radius 2 is 2.18 bits per heavy atom. The normalized spacial score (nSPS) is 18.2. The number of hydrogen-bond acceptors (Lipinski definition) is 2. The van der Waals surface area contributed by atoms with Crippen LogP contribution in [0.1, 0.15) is 36.4 Å². The fourth-order valence-electron chi connectivity index (χ4n) is 2.40. The van der Waals surface area contributed by atoms with E-state index >= 15 is 0 Å². The van der Waals surface area contributed by atoms with Gasteiger partial charge >= 0.3 is 0 Å². The predicted octanol–water partition coefficient (Wildman–Crippen LogP) is 2.62. The second-order valence-electron chi connectivity index (χ2n) is 5.01. The van der Waals surface area contributed by atoms with Crippen molar-refractivity contribution < 1.29 is 4.39 Å². The van der Waals surface area contributed by atoms with E-state index < -0.39 is 0 Å². The number of benzene rings is 1. The van der Waals surface area contributed by atoms with Crippen LogP contribution in [-0.2, 0) is 0 Å². The maximum absolute atomic E-state index is 13.6. The van der Waals surface area contributed by atoms with Gasteiger partial charge in [-0.05, 0) is 44.0 Å². The highest BCUT2D eigenvalue weighted by atomic mass is 19.1. The molecule has 0 aliphatic heterocycles. The highest BCUT2D eigenvalue weighted by Gasteiger charge is 2.27. The summed E-state index contributed by atoms with van der Waals surface area (Å²) < 4.78 is 13.6. The Kier molecular flexibility index (Phi) is 3.79. The summed E-state index contributed by atoms with van der Waals surface area (Å²) in [6, 6.07) is 6.21. The Morgan fingerprint density at radius 3 is 2.65 bits per heavy atom. The van der Waals surface area contributed by atoms with Crippen LogP contribution < -0.4 is 5.73 Å². The minimum absolute atomic E-state index is 0.135. The molecule has 0 amide bonds. The van der Waals surface area contributed by atoms with Gasteiger partial charge in [-0.15, -0.1) is 0 Å². The van der Waals surface area contributed by atoms with Crippen molar-refractivity contribution in [3.8, 4) is 0 Å². The molecule has 0 bridgehead atoms. The maximum Gasteiger partial charge on any atom is 0.126 e. The first kappa shape index (κ1) is 12.5. The molecule has 2 rings (SSSR count). The minimum atomic E-state index is -0.136. The monoisotopic (exact) mass is 236 g/mol. The lowest BCUT2D eigenvalue weighted by molar-refractivity contribution is 0.113. The Balaban J connectivity index is 2.18. The van der Waals surface area contributed by atoms with E-state index in [4.69, 9.17) is 5.73 Å². The van der Waals surface area contributed by atoms with Crippen LogP contribution >= 0.6 is 0 Å². The second-order valence-corrected chi connectivity index (χ2v) is 5.01. The van der Waals surface area contributed by atoms with Crippen molar-refractivity contribution in [1.82, 2.24) is 4.90 Å². The van der Waals surface area contributed by atoms with E-state index in [-0.39, 0.29) is 11.9 Å². The molecule has 1 aromatic rings. The van der Waals surface area contributed by atoms with Gasteiger partial charge in [-0.3, -0.25) is 4.90 Å². The number of hydrogen-bond donors (Lipinski definition) is 1. The minimum Gasteiger partial charge on any atom is -0.329 e. The van der Waals surface area contributed by atoms with Crippen molar-refractivity contribution >= 4 is 0 Å². The lowest BCUT2D eigenvalue weighted by Gasteiger charge is -2.39. The third-order valence-electron chi connectivity index (χ3n) is 3.95. The average molecular weight is 236 g/mol. The van der Waals surface area contributed by atoms with E-state index in [0.717, 1.165) is 5.56 Å². The smallest absolute Gasteiger partial charge is 0.126 e. The predicted molar refractivity (Wildman–Crippen MR) is 68.3 cm³/mol. The van der Waals surface area contributed by atoms with Crippen molar-refractivity contribution in [3.63, 3.8) is 0 Å². The van der Waals surface area contributed by atoms with Crippen LogP contribution in [0.5, 0.6) is 0 Å². The molecule has 2 nitrogen and oxygen atoms in total. The van der Waals surface area contributed by atoms with Gasteiger partial charge in [0, 0.05) is 18.6 Å². The van der Waals surface area contributed by atoms with Crippen molar-refractivity contribution in [2.75, 3.05) is 13.6 Å². The molecule has 0 saturated heterocycles. The van der Waals surface area contributed by atoms with Gasteiger partial charge in [-0.2, -0.15) is 0 Å². The molecule has 1 aromatic carbocycles. The lowest BCUT2D eigenvalue weighted by atomic mass is 9.89. The molecule has 1 atom stereocenters. The molecule has 1 aliphatic rings. The molecule has 1 aliphatic carbocycles. The van der Waals surface area contributed by atoms with Gasteiger partial charge in [-0.25, -0.2) is 4.39 Å². The molecule has 1 fully saturated rings. The Morgan fingerprint density at radius 1 is 1.47 bits per heavy atom. The third kappa shape index (κ3) is 2.50. The van der Waals surface area contributed by atoms with Crippen molar-refractivity contribution in [3.05, 3.63) is 35.1 Å². The van der Waals surface area contributed by atoms with Crippen LogP contribution in [0, 0.1) is 12.7 Å². The standard InChI is InChI=1S/C14H21FN2/c1-10-6-7-11(8-13(10)15)14(9-16)17(2)12-4-3-5-12/h6-8,12,14H,3-5,9,16H2,1-2H3. The molecule has 1 unspecified atom stereocenters. The first-order valence-corrected chi connectivity index (χ1v) is 6.31. The number of rotatable bonds is 4. The highest BCUT2D eigenvalue weighted by Crippen LogP contribution is 2.30. The van der Waals surface area contributed by atoms with E-state index in [2.05, 4.69) is 11.9 Å². The fourth-order valence-corrected chi connectivity index (χ4v) is 2.40. The largest absolute Gasteiger partial charge is 0.329 e. The molecule has 0 heterocycles. The van der Waals surface area contributed by atoms with Crippen molar-refractivity contribution in [2.45, 2.75) is 38.3 Å². The molecule has 0 spiro atoms. The second kappa shape index (κ2) is 5.15. The van der Waals surface area contributed by atoms with Gasteiger partial charge in [0.2, 0.25) is 0 Å². The number of likely N-dealkylation sites (N-methyl/N-ethyl adjacent to an activating group) is 1. The lowest BCUT2D eigenvalue weighted by Crippen LogP contribution is -2.42. The van der Waals surface area contributed by atoms with Gasteiger partial charge in [0.05, 0.1) is 0 Å². The van der Waals surface area contributed by atoms with Crippen LogP contribution in [0.2, 0.25) is 0 Å². The molecule has 0 aromatic heterocycles. The zero-order chi connectivity index (χ0) is 12.4. The quantitative estimate of drug-likeness (QED) is 0.870. The highest BCUT2D eigenvalue weighted by molar-refractivity contribution is 5.26. The molecule has 2 N–H and O–H groups in total. The van der Waals surface area contributed by atoms with Crippen LogP contribution in [-0.4, -0.2) is 24.5 Å². The molecule has 0 radical (unpaired) electrons. The molecular weight excluding hydrogens is 215 g/mol. The number of aryl methyl sites for hydroxylation is 1. The summed E-state index contributed by atoms with van der Waals surface area (Å²) >= 11 is 0. The number of nitrogens with zero attached hydrogens (tertiary/aromatic N) is 1. The van der Waals surface area contributed by atoms with Crippen LogP contribution in [0.4, 0.5) is 4.39 Å². The van der Waals surface area contributed by atoms with Crippen LogP contribution in [0.15, 0.2) is 18.2 Å². The zero-order valence-corrected chi connectivity index (χ0v) is 10.6. The summed E-state index contributed by atoms with van der Waals surface area (Å²) in [6.07, 6.45) is 3.78. The van der Waals surface area contributed by atoms with Crippen LogP contribution in [0.3, 0.4) is 0 Å². The third-order valence-corrected chi connectivity index (χ3v) is 3.95. The average Bonchev–Trinajstić information content (AvgIpc) is 2.22. The molecule has 17 heavy (non-hydrogen) atoms. The van der Waals surface area contributed by atoms with E-state index in [1.54, 1.807) is 13.0 Å². The zero-order valence-electron chi connectivity index (χ0n) is 10.6. The number of halogens is 1. The Hall–Kier alpha value is -0.930. The summed E-state index contributed by atoms with van der Waals surface area (Å²) in [5, 5.41) is 0. The van der Waals surface area contributed by atoms with E-state index in [9.17, 15) is 4.39 Å². The van der Waals surface area contributed by atoms with E-state index in [1.165, 1.54) is 19.3 Å². The summed E-state index contributed by atoms with van der Waals surface area (Å²) in [5.41, 5.74) is 7.53. The van der Waals surface area contributed by atoms with Gasteiger partial charge in [-0.1, -0.05) is 18.6 Å². The summed E-state index contributed by atoms with van der Waals surface area (Å²) in [7, 11) is 2.10. The first-order chi connectivity index (χ1) is 8.13. The van der Waals surface area contributed by atoms with E-state index in [0.29, 0.717) is 18.2 Å². The maximum atomic E-state index is 13.6. The summed E-state index contributed by atoms with van der Waals surface area (Å²) in [5.74, 6) is -0.136. The summed E-state index contributed by atoms with van der Waals surface area (Å²) in [4.78, 5) is 2.30. The number of nitrogens with two attached hydrogens (primary N) is 1. The van der Waals surface area contributed by atoms with Gasteiger partial charge in [0.25, 0.3) is 0 Å². The van der Waals surface area contributed by atoms with Gasteiger partial charge in [0.15, 0.2) is 0 Å². The summed E-state index contributed by atoms with van der Waals surface area (Å²) in [6.45, 7) is 2.32. The van der Waals surface area contributed by atoms with E-state index in [1.807, 2.05) is 12.1 Å². The Labute approximate surface area is 103 Å². The molecule has 3 heteroatoms. The Bertz CT molecular complexity index is 388. The molecular formula is C14H21FN2. The van der Waals surface area contributed by atoms with Gasteiger partial charge in [0.1, 0.15) is 5.82 Å². The van der Waals surface area contributed by atoms with Gasteiger partial charge < -0.3 is 5.73 Å². The van der Waals surface area contributed by atoms with Crippen LogP contribution in [0.25, 0.3) is 0 Å². The molecule has 1 saturated carbocycles.